The van der Waals surface area contributed by atoms with E-state index < -0.39 is 0 Å². The number of nitrogens with one attached hydrogen (secondary N) is 1. The number of ether oxygens (including phenoxy) is 1. The largest absolute Gasteiger partial charge is 0.376 e. The van der Waals surface area contributed by atoms with Gasteiger partial charge in [0.05, 0.1) is 13.2 Å². The van der Waals surface area contributed by atoms with Crippen LogP contribution in [0.1, 0.15) is 36.0 Å². The summed E-state index contributed by atoms with van der Waals surface area (Å²) in [6.07, 6.45) is 2.80. The minimum Gasteiger partial charge on any atom is -0.376 e. The van der Waals surface area contributed by atoms with E-state index in [1.807, 2.05) is 30.1 Å². The van der Waals surface area contributed by atoms with E-state index in [1.54, 1.807) is 0 Å². The van der Waals surface area contributed by atoms with Crippen molar-refractivity contribution in [3.8, 4) is 0 Å². The van der Waals surface area contributed by atoms with Crippen molar-refractivity contribution in [1.82, 2.24) is 15.1 Å². The Morgan fingerprint density at radius 1 is 1.06 bits per heavy atom. The van der Waals surface area contributed by atoms with Gasteiger partial charge in [0.25, 0.3) is 0 Å². The number of guanidine groups is 1. The number of hydrogen-bond donors (Lipinski definition) is 1. The molecule has 1 atom stereocenters. The third-order valence-corrected chi connectivity index (χ3v) is 6.28. The van der Waals surface area contributed by atoms with Crippen LogP contribution in [0.15, 0.2) is 59.6 Å². The highest BCUT2D eigenvalue weighted by atomic mass is 16.5. The van der Waals surface area contributed by atoms with Crippen LogP contribution >= 0.6 is 0 Å². The zero-order valence-corrected chi connectivity index (χ0v) is 19.0. The Balaban J connectivity index is 1.19. The second-order valence-corrected chi connectivity index (χ2v) is 8.74. The van der Waals surface area contributed by atoms with Crippen LogP contribution < -0.4 is 5.32 Å². The quantitative estimate of drug-likeness (QED) is 0.511. The highest BCUT2D eigenvalue weighted by Gasteiger charge is 2.25. The molecule has 6 heteroatoms. The van der Waals surface area contributed by atoms with Crippen molar-refractivity contribution in [2.75, 3.05) is 33.3 Å². The molecule has 1 amide bonds. The number of nitrogens with zero attached hydrogens (tertiary/aromatic N) is 3. The van der Waals surface area contributed by atoms with Gasteiger partial charge in [-0.1, -0.05) is 54.6 Å². The fraction of sp³-hybridized carbons (Fsp3) is 0.462. The second kappa shape index (κ2) is 11.1. The van der Waals surface area contributed by atoms with Gasteiger partial charge in [0.2, 0.25) is 5.91 Å². The van der Waals surface area contributed by atoms with Crippen LogP contribution in [0.3, 0.4) is 0 Å². The van der Waals surface area contributed by atoms with Crippen molar-refractivity contribution in [2.24, 2.45) is 10.9 Å². The van der Waals surface area contributed by atoms with Gasteiger partial charge in [0.15, 0.2) is 5.96 Å². The van der Waals surface area contributed by atoms with E-state index in [9.17, 15) is 4.79 Å². The van der Waals surface area contributed by atoms with Crippen LogP contribution in [-0.2, 0) is 29.2 Å². The summed E-state index contributed by atoms with van der Waals surface area (Å²) in [6, 6.07) is 18.9. The molecule has 0 aliphatic carbocycles. The average Bonchev–Trinajstić information content (AvgIpc) is 3.45. The molecular weight excluding hydrogens is 400 g/mol. The van der Waals surface area contributed by atoms with Crippen molar-refractivity contribution in [3.63, 3.8) is 0 Å². The van der Waals surface area contributed by atoms with Gasteiger partial charge < -0.3 is 19.9 Å². The predicted octanol–water partition coefficient (Wildman–Crippen LogP) is 3.42. The summed E-state index contributed by atoms with van der Waals surface area (Å²) in [4.78, 5) is 20.6. The molecule has 170 valence electrons. The summed E-state index contributed by atoms with van der Waals surface area (Å²) in [5.74, 6) is 1.75. The molecule has 0 spiro atoms. The van der Waals surface area contributed by atoms with Gasteiger partial charge in [0.1, 0.15) is 0 Å². The number of likely N-dealkylation sites (tertiary alicyclic amines) is 2. The molecule has 2 aromatic carbocycles. The lowest BCUT2D eigenvalue weighted by atomic mass is 10.1. The number of benzene rings is 2. The van der Waals surface area contributed by atoms with Crippen molar-refractivity contribution < 1.29 is 9.53 Å². The minimum absolute atomic E-state index is 0.272. The molecule has 2 aliphatic rings. The third-order valence-electron chi connectivity index (χ3n) is 6.28. The normalized spacial score (nSPS) is 19.1. The summed E-state index contributed by atoms with van der Waals surface area (Å²) in [6.45, 7) is 5.76. The van der Waals surface area contributed by atoms with E-state index in [2.05, 4.69) is 51.6 Å². The van der Waals surface area contributed by atoms with E-state index >= 15 is 0 Å². The van der Waals surface area contributed by atoms with E-state index in [-0.39, 0.29) is 5.91 Å². The summed E-state index contributed by atoms with van der Waals surface area (Å²) < 4.78 is 5.95. The van der Waals surface area contributed by atoms with Crippen LogP contribution in [0.4, 0.5) is 0 Å². The molecule has 1 N–H and O–H groups in total. The molecule has 4 rings (SSSR count). The Kier molecular flexibility index (Phi) is 7.77. The van der Waals surface area contributed by atoms with Crippen LogP contribution in [-0.4, -0.2) is 55.0 Å². The van der Waals surface area contributed by atoms with Crippen LogP contribution in [0.25, 0.3) is 0 Å². The van der Waals surface area contributed by atoms with Crippen LogP contribution in [0.5, 0.6) is 0 Å². The van der Waals surface area contributed by atoms with Gasteiger partial charge in [-0.3, -0.25) is 9.79 Å². The van der Waals surface area contributed by atoms with Gasteiger partial charge in [-0.15, -0.1) is 0 Å². The minimum atomic E-state index is 0.272. The van der Waals surface area contributed by atoms with Crippen molar-refractivity contribution in [1.29, 1.82) is 0 Å². The summed E-state index contributed by atoms with van der Waals surface area (Å²) in [5.41, 5.74) is 3.62. The molecule has 1 unspecified atom stereocenters. The number of amides is 1. The lowest BCUT2D eigenvalue weighted by molar-refractivity contribution is -0.128. The molecule has 2 fully saturated rings. The fourth-order valence-corrected chi connectivity index (χ4v) is 4.45. The zero-order valence-electron chi connectivity index (χ0n) is 19.0. The third kappa shape index (κ3) is 6.10. The first-order valence-corrected chi connectivity index (χ1v) is 11.6. The number of aliphatic imine (C=N–C) groups is 1. The lowest BCUT2D eigenvalue weighted by Crippen LogP contribution is -2.39. The van der Waals surface area contributed by atoms with Gasteiger partial charge in [-0.2, -0.15) is 0 Å². The Morgan fingerprint density at radius 3 is 2.56 bits per heavy atom. The molecule has 0 radical (unpaired) electrons. The monoisotopic (exact) mass is 434 g/mol. The van der Waals surface area contributed by atoms with Crippen molar-refractivity contribution >= 4 is 11.9 Å². The maximum atomic E-state index is 11.8. The standard InChI is InChI=1S/C26H34N4O2/c1-27-26(30-15-13-24(18-30)20-32-19-23-6-3-2-4-7-23)28-16-21-9-11-22(12-10-21)17-29-14-5-8-25(29)31/h2-4,6-7,9-12,24H,5,8,13-20H2,1H3,(H,27,28). The number of carbonyl (C=O) groups excluding carboxylic acids is 1. The molecule has 6 nitrogen and oxygen atoms in total. The van der Waals surface area contributed by atoms with Gasteiger partial charge in [-0.05, 0) is 29.5 Å². The van der Waals surface area contributed by atoms with Crippen molar-refractivity contribution in [2.45, 2.75) is 39.0 Å². The molecule has 2 aromatic rings. The lowest BCUT2D eigenvalue weighted by Gasteiger charge is -2.22. The smallest absolute Gasteiger partial charge is 0.222 e. The second-order valence-electron chi connectivity index (χ2n) is 8.74. The Hall–Kier alpha value is -2.86. The maximum Gasteiger partial charge on any atom is 0.222 e. The number of rotatable bonds is 8. The van der Waals surface area contributed by atoms with Gasteiger partial charge in [-0.25, -0.2) is 0 Å². The molecule has 2 heterocycles. The summed E-state index contributed by atoms with van der Waals surface area (Å²) in [7, 11) is 1.84. The first-order valence-electron chi connectivity index (χ1n) is 11.6. The first-order chi connectivity index (χ1) is 15.7. The molecule has 0 aromatic heterocycles. The average molecular weight is 435 g/mol. The SMILES string of the molecule is CN=C(NCc1ccc(CN2CCCC2=O)cc1)N1CCC(COCc2ccccc2)C1. The molecular formula is C26H34N4O2. The van der Waals surface area contributed by atoms with Crippen LogP contribution in [0, 0.1) is 5.92 Å². The topological polar surface area (TPSA) is 57.2 Å². The first kappa shape index (κ1) is 22.3. The summed E-state index contributed by atoms with van der Waals surface area (Å²) >= 11 is 0. The fourth-order valence-electron chi connectivity index (χ4n) is 4.45. The zero-order chi connectivity index (χ0) is 22.2. The molecule has 2 saturated heterocycles. The maximum absolute atomic E-state index is 11.8. The van der Waals surface area contributed by atoms with Crippen LogP contribution in [0.2, 0.25) is 0 Å². The van der Waals surface area contributed by atoms with E-state index in [0.717, 1.165) is 58.1 Å². The van der Waals surface area contributed by atoms with Gasteiger partial charge >= 0.3 is 0 Å². The Morgan fingerprint density at radius 2 is 1.84 bits per heavy atom. The highest BCUT2D eigenvalue weighted by Crippen LogP contribution is 2.18. The van der Waals surface area contributed by atoms with E-state index in [0.29, 0.717) is 18.9 Å². The molecule has 2 aliphatic heterocycles. The van der Waals surface area contributed by atoms with E-state index in [4.69, 9.17) is 4.74 Å². The number of carbonyl (C=O) groups is 1. The van der Waals surface area contributed by atoms with E-state index in [1.165, 1.54) is 16.7 Å². The molecule has 0 saturated carbocycles. The molecule has 0 bridgehead atoms. The Bertz CT molecular complexity index is 898. The number of hydrogen-bond acceptors (Lipinski definition) is 3. The Labute approximate surface area is 191 Å². The summed E-state index contributed by atoms with van der Waals surface area (Å²) in [5, 5.41) is 3.50. The highest BCUT2D eigenvalue weighted by molar-refractivity contribution is 5.80. The molecule has 32 heavy (non-hydrogen) atoms. The van der Waals surface area contributed by atoms with Crippen molar-refractivity contribution in [3.05, 3.63) is 71.3 Å². The predicted molar refractivity (Wildman–Crippen MR) is 127 cm³/mol. The van der Waals surface area contributed by atoms with Gasteiger partial charge in [0, 0.05) is 52.1 Å².